The number of piperidine rings is 1. The van der Waals surface area contributed by atoms with Crippen molar-refractivity contribution in [2.45, 2.75) is 25.4 Å². The van der Waals surface area contributed by atoms with Crippen molar-refractivity contribution in [3.63, 3.8) is 0 Å². The van der Waals surface area contributed by atoms with Crippen molar-refractivity contribution in [1.82, 2.24) is 20.8 Å². The molecule has 0 amide bonds. The van der Waals surface area contributed by atoms with Crippen LogP contribution >= 0.6 is 22.9 Å². The van der Waals surface area contributed by atoms with E-state index in [9.17, 15) is 0 Å². The molecule has 7 nitrogen and oxygen atoms in total. The molecular formula is C20H23ClN6OS. The molecule has 2 aromatic heterocycles. The molecule has 0 radical (unpaired) electrons. The zero-order valence-electron chi connectivity index (χ0n) is 16.1. The summed E-state index contributed by atoms with van der Waals surface area (Å²) in [5.41, 5.74) is 0.826. The van der Waals surface area contributed by atoms with E-state index in [0.717, 1.165) is 37.5 Å². The number of nitrogens with one attached hydrogen (secondary N) is 2. The molecule has 1 aliphatic rings. The van der Waals surface area contributed by atoms with E-state index in [2.05, 4.69) is 48.2 Å². The van der Waals surface area contributed by atoms with Gasteiger partial charge in [0, 0.05) is 36.8 Å². The lowest BCUT2D eigenvalue weighted by Crippen LogP contribution is -2.48. The average Bonchev–Trinajstić information content (AvgIpc) is 3.44. The molecule has 0 saturated carbocycles. The van der Waals surface area contributed by atoms with E-state index in [0.29, 0.717) is 29.3 Å². The van der Waals surface area contributed by atoms with Gasteiger partial charge in [-0.1, -0.05) is 28.9 Å². The highest BCUT2D eigenvalue weighted by Crippen LogP contribution is 2.25. The molecule has 9 heteroatoms. The summed E-state index contributed by atoms with van der Waals surface area (Å²) in [6, 6.07) is 12.1. The molecule has 0 atom stereocenters. The van der Waals surface area contributed by atoms with Crippen molar-refractivity contribution in [1.29, 1.82) is 0 Å². The van der Waals surface area contributed by atoms with Crippen molar-refractivity contribution in [3.8, 4) is 11.4 Å². The number of aromatic nitrogens is 2. The molecule has 0 bridgehead atoms. The summed E-state index contributed by atoms with van der Waals surface area (Å²) >= 11 is 7.82. The normalized spacial score (nSPS) is 15.5. The van der Waals surface area contributed by atoms with E-state index in [1.807, 2.05) is 24.3 Å². The number of rotatable bonds is 5. The summed E-state index contributed by atoms with van der Waals surface area (Å²) in [7, 11) is 1.77. The second-order valence-corrected chi connectivity index (χ2v) is 8.17. The van der Waals surface area contributed by atoms with Gasteiger partial charge in [-0.15, -0.1) is 11.3 Å². The number of aliphatic imine (C=N–C) groups is 1. The predicted octanol–water partition coefficient (Wildman–Crippen LogP) is 3.79. The highest BCUT2D eigenvalue weighted by molar-refractivity contribution is 7.14. The van der Waals surface area contributed by atoms with Gasteiger partial charge in [0.15, 0.2) is 5.96 Å². The number of thiophene rings is 1. The van der Waals surface area contributed by atoms with Gasteiger partial charge in [-0.05, 0) is 42.5 Å². The van der Waals surface area contributed by atoms with Crippen molar-refractivity contribution in [3.05, 3.63) is 52.7 Å². The second kappa shape index (κ2) is 9.28. The minimum atomic E-state index is 0.391. The van der Waals surface area contributed by atoms with Crippen LogP contribution in [-0.2, 0) is 6.54 Å². The van der Waals surface area contributed by atoms with Gasteiger partial charge in [0.05, 0.1) is 11.5 Å². The van der Waals surface area contributed by atoms with Gasteiger partial charge in [-0.3, -0.25) is 4.99 Å². The molecular weight excluding hydrogens is 408 g/mol. The second-order valence-electron chi connectivity index (χ2n) is 6.80. The summed E-state index contributed by atoms with van der Waals surface area (Å²) < 4.78 is 5.34. The van der Waals surface area contributed by atoms with Crippen LogP contribution in [0.4, 0.5) is 5.00 Å². The van der Waals surface area contributed by atoms with E-state index in [-0.39, 0.29) is 0 Å². The first kappa shape index (κ1) is 19.7. The fourth-order valence-corrected chi connectivity index (χ4v) is 4.29. The summed E-state index contributed by atoms with van der Waals surface area (Å²) in [4.78, 5) is 11.2. The van der Waals surface area contributed by atoms with Crippen LogP contribution in [-0.4, -0.2) is 42.3 Å². The summed E-state index contributed by atoms with van der Waals surface area (Å²) in [6.45, 7) is 2.49. The highest BCUT2D eigenvalue weighted by atomic mass is 35.5. The molecule has 0 unspecified atom stereocenters. The van der Waals surface area contributed by atoms with Gasteiger partial charge in [0.2, 0.25) is 11.7 Å². The first-order valence-electron chi connectivity index (χ1n) is 9.55. The first-order chi connectivity index (χ1) is 14.2. The minimum absolute atomic E-state index is 0.391. The average molecular weight is 431 g/mol. The van der Waals surface area contributed by atoms with Crippen molar-refractivity contribution in [2.24, 2.45) is 4.99 Å². The SMILES string of the molecule is CN=C(NCc1nc(-c2cccc(Cl)c2)no1)NC1CCN(c2cccs2)CC1. The zero-order valence-corrected chi connectivity index (χ0v) is 17.7. The summed E-state index contributed by atoms with van der Waals surface area (Å²) in [5, 5.41) is 14.9. The van der Waals surface area contributed by atoms with Crippen molar-refractivity contribution >= 4 is 33.9 Å². The first-order valence-corrected chi connectivity index (χ1v) is 10.8. The van der Waals surface area contributed by atoms with Crippen LogP contribution in [0.15, 0.2) is 51.3 Å². The minimum Gasteiger partial charge on any atom is -0.363 e. The number of guanidine groups is 1. The maximum absolute atomic E-state index is 6.03. The molecule has 152 valence electrons. The van der Waals surface area contributed by atoms with Gasteiger partial charge in [-0.2, -0.15) is 4.98 Å². The number of anilines is 1. The summed E-state index contributed by atoms with van der Waals surface area (Å²) in [5.74, 6) is 1.76. The zero-order chi connectivity index (χ0) is 20.1. The number of hydrogen-bond acceptors (Lipinski definition) is 6. The van der Waals surface area contributed by atoms with Crippen molar-refractivity contribution in [2.75, 3.05) is 25.0 Å². The molecule has 1 aromatic carbocycles. The van der Waals surface area contributed by atoms with Gasteiger partial charge < -0.3 is 20.1 Å². The molecule has 29 heavy (non-hydrogen) atoms. The van der Waals surface area contributed by atoms with E-state index in [1.165, 1.54) is 5.00 Å². The quantitative estimate of drug-likeness (QED) is 0.473. The Morgan fingerprint density at radius 2 is 2.17 bits per heavy atom. The van der Waals surface area contributed by atoms with Crippen LogP contribution in [0.1, 0.15) is 18.7 Å². The van der Waals surface area contributed by atoms with E-state index in [4.69, 9.17) is 16.1 Å². The van der Waals surface area contributed by atoms with Gasteiger partial charge in [-0.25, -0.2) is 0 Å². The third-order valence-electron chi connectivity index (χ3n) is 4.84. The number of halogens is 1. The van der Waals surface area contributed by atoms with Crippen LogP contribution in [0.3, 0.4) is 0 Å². The highest BCUT2D eigenvalue weighted by Gasteiger charge is 2.21. The third kappa shape index (κ3) is 5.07. The number of benzene rings is 1. The molecule has 3 aromatic rings. The molecule has 4 rings (SSSR count). The predicted molar refractivity (Wildman–Crippen MR) is 118 cm³/mol. The number of hydrogen-bond donors (Lipinski definition) is 2. The maximum atomic E-state index is 6.03. The Hall–Kier alpha value is -2.58. The smallest absolute Gasteiger partial charge is 0.246 e. The number of nitrogens with zero attached hydrogens (tertiary/aromatic N) is 4. The van der Waals surface area contributed by atoms with Crippen molar-refractivity contribution < 1.29 is 4.52 Å². The Balaban J connectivity index is 1.27. The fraction of sp³-hybridized carbons (Fsp3) is 0.350. The molecule has 1 fully saturated rings. The Kier molecular flexibility index (Phi) is 6.31. The van der Waals surface area contributed by atoms with Crippen LogP contribution < -0.4 is 15.5 Å². The van der Waals surface area contributed by atoms with Crippen LogP contribution in [0, 0.1) is 0 Å². The molecule has 0 aliphatic carbocycles. The molecule has 3 heterocycles. The standard InChI is InChI=1S/C20H23ClN6OS/c1-22-20(24-16-7-9-27(10-8-16)18-6-3-11-29-18)23-13-17-25-19(26-28-17)14-4-2-5-15(21)12-14/h2-6,11-12,16H,7-10,13H2,1H3,(H2,22,23,24). The van der Waals surface area contributed by atoms with E-state index >= 15 is 0 Å². The third-order valence-corrected chi connectivity index (χ3v) is 6.00. The molecule has 1 saturated heterocycles. The Bertz CT molecular complexity index is 950. The lowest BCUT2D eigenvalue weighted by molar-refractivity contribution is 0.374. The monoisotopic (exact) mass is 430 g/mol. The topological polar surface area (TPSA) is 78.6 Å². The van der Waals surface area contributed by atoms with E-state index in [1.54, 1.807) is 18.4 Å². The van der Waals surface area contributed by atoms with Gasteiger partial charge >= 0.3 is 0 Å². The fourth-order valence-electron chi connectivity index (χ4n) is 3.31. The van der Waals surface area contributed by atoms with Crippen LogP contribution in [0.25, 0.3) is 11.4 Å². The molecule has 1 aliphatic heterocycles. The van der Waals surface area contributed by atoms with Gasteiger partial charge in [0.1, 0.15) is 0 Å². The van der Waals surface area contributed by atoms with Crippen LogP contribution in [0.5, 0.6) is 0 Å². The molecule has 2 N–H and O–H groups in total. The Morgan fingerprint density at radius 1 is 1.31 bits per heavy atom. The van der Waals surface area contributed by atoms with Crippen LogP contribution in [0.2, 0.25) is 5.02 Å². The van der Waals surface area contributed by atoms with Gasteiger partial charge in [0.25, 0.3) is 0 Å². The summed E-state index contributed by atoms with van der Waals surface area (Å²) in [6.07, 6.45) is 2.14. The maximum Gasteiger partial charge on any atom is 0.246 e. The van der Waals surface area contributed by atoms with E-state index < -0.39 is 0 Å². The lowest BCUT2D eigenvalue weighted by Gasteiger charge is -2.33. The molecule has 0 spiro atoms. The Labute approximate surface area is 178 Å². The largest absolute Gasteiger partial charge is 0.363 e. The Morgan fingerprint density at radius 3 is 2.90 bits per heavy atom. The lowest BCUT2D eigenvalue weighted by atomic mass is 10.1.